The van der Waals surface area contributed by atoms with Crippen LogP contribution < -0.4 is 10.1 Å². The third kappa shape index (κ3) is 4.85. The number of nitrogens with zero attached hydrogens (tertiary/aromatic N) is 1. The van der Waals surface area contributed by atoms with Gasteiger partial charge in [0.2, 0.25) is 0 Å². The van der Waals surface area contributed by atoms with Gasteiger partial charge in [0, 0.05) is 0 Å². The van der Waals surface area contributed by atoms with Crippen LogP contribution in [0.5, 0.6) is 5.75 Å². The van der Waals surface area contributed by atoms with Gasteiger partial charge in [-0.15, -0.1) is 0 Å². The Hall–Kier alpha value is -1.27. The maximum atomic E-state index is 13.6. The summed E-state index contributed by atoms with van der Waals surface area (Å²) in [5.74, 6) is 1.04. The van der Waals surface area contributed by atoms with Gasteiger partial charge in [0.1, 0.15) is 11.8 Å². The summed E-state index contributed by atoms with van der Waals surface area (Å²) in [6.07, 6.45) is -2.67. The van der Waals surface area contributed by atoms with Gasteiger partial charge >= 0.3 is 6.18 Å². The molecule has 3 nitrogen and oxygen atoms in total. The molecule has 1 N–H and O–H groups in total. The van der Waals surface area contributed by atoms with Crippen LogP contribution in [-0.2, 0) is 0 Å². The second-order valence-electron chi connectivity index (χ2n) is 6.00. The number of likely N-dealkylation sites (tertiary alicyclic amines) is 1. The summed E-state index contributed by atoms with van der Waals surface area (Å²) in [4.78, 5) is 1.56. The fourth-order valence-corrected chi connectivity index (χ4v) is 3.16. The van der Waals surface area contributed by atoms with Gasteiger partial charge in [-0.3, -0.25) is 4.90 Å². The number of hydrogen-bond acceptors (Lipinski definition) is 3. The van der Waals surface area contributed by atoms with E-state index in [1.165, 1.54) is 19.2 Å². The number of piperidine rings is 1. The number of alkyl halides is 3. The molecule has 0 bridgehead atoms. The molecule has 1 fully saturated rings. The predicted molar refractivity (Wildman–Crippen MR) is 84.6 cm³/mol. The largest absolute Gasteiger partial charge is 0.497 e. The SMILES string of the molecule is CCNCC1CCN(C(c2ccc(OC)cc2)C(F)(F)F)CC1. The van der Waals surface area contributed by atoms with Gasteiger partial charge in [-0.25, -0.2) is 0 Å². The highest BCUT2D eigenvalue weighted by atomic mass is 19.4. The zero-order chi connectivity index (χ0) is 16.9. The molecule has 0 amide bonds. The molecule has 1 atom stereocenters. The number of methoxy groups -OCH3 is 1. The molecule has 1 aromatic carbocycles. The van der Waals surface area contributed by atoms with Gasteiger partial charge in [-0.1, -0.05) is 19.1 Å². The number of benzene rings is 1. The van der Waals surface area contributed by atoms with Crippen molar-refractivity contribution in [2.45, 2.75) is 32.0 Å². The van der Waals surface area contributed by atoms with Crippen LogP contribution in [0.25, 0.3) is 0 Å². The molecule has 0 saturated carbocycles. The molecule has 1 aliphatic rings. The lowest BCUT2D eigenvalue weighted by Gasteiger charge is -2.38. The average molecular weight is 330 g/mol. The van der Waals surface area contributed by atoms with Crippen molar-refractivity contribution in [1.82, 2.24) is 10.2 Å². The molecule has 1 aromatic rings. The third-order valence-electron chi connectivity index (χ3n) is 4.44. The monoisotopic (exact) mass is 330 g/mol. The fraction of sp³-hybridized carbons (Fsp3) is 0.647. The quantitative estimate of drug-likeness (QED) is 0.862. The Morgan fingerprint density at radius 1 is 1.22 bits per heavy atom. The lowest BCUT2D eigenvalue weighted by atomic mass is 9.94. The lowest BCUT2D eigenvalue weighted by molar-refractivity contribution is -0.189. The number of ether oxygens (including phenoxy) is 1. The van der Waals surface area contributed by atoms with Crippen LogP contribution >= 0.6 is 0 Å². The first-order valence-electron chi connectivity index (χ1n) is 8.11. The van der Waals surface area contributed by atoms with E-state index in [0.29, 0.717) is 24.8 Å². The first-order chi connectivity index (χ1) is 11.0. The van der Waals surface area contributed by atoms with Crippen molar-refractivity contribution in [3.63, 3.8) is 0 Å². The number of nitrogens with one attached hydrogen (secondary N) is 1. The molecule has 0 radical (unpaired) electrons. The summed E-state index contributed by atoms with van der Waals surface area (Å²) in [6.45, 7) is 4.79. The van der Waals surface area contributed by atoms with Crippen molar-refractivity contribution >= 4 is 0 Å². The van der Waals surface area contributed by atoms with Crippen molar-refractivity contribution in [2.24, 2.45) is 5.92 Å². The minimum absolute atomic E-state index is 0.281. The first kappa shape index (κ1) is 18.1. The molecule has 23 heavy (non-hydrogen) atoms. The number of hydrogen-bond donors (Lipinski definition) is 1. The molecular weight excluding hydrogens is 305 g/mol. The van der Waals surface area contributed by atoms with Crippen molar-refractivity contribution in [2.75, 3.05) is 33.3 Å². The van der Waals surface area contributed by atoms with E-state index < -0.39 is 12.2 Å². The zero-order valence-electron chi connectivity index (χ0n) is 13.7. The Morgan fingerprint density at radius 2 is 1.83 bits per heavy atom. The van der Waals surface area contributed by atoms with Gasteiger partial charge in [-0.05, 0) is 62.6 Å². The Kier molecular flexibility index (Phi) is 6.30. The summed E-state index contributed by atoms with van der Waals surface area (Å²) in [5, 5.41) is 3.28. The maximum Gasteiger partial charge on any atom is 0.408 e. The molecule has 1 aliphatic heterocycles. The first-order valence-corrected chi connectivity index (χ1v) is 8.11. The predicted octanol–water partition coefficient (Wildman–Crippen LogP) is 3.62. The molecular formula is C17H25F3N2O. The van der Waals surface area contributed by atoms with E-state index in [9.17, 15) is 13.2 Å². The maximum absolute atomic E-state index is 13.6. The highest BCUT2D eigenvalue weighted by Gasteiger charge is 2.45. The van der Waals surface area contributed by atoms with Crippen molar-refractivity contribution in [3.05, 3.63) is 29.8 Å². The molecule has 2 rings (SSSR count). The normalized spacial score (nSPS) is 18.8. The van der Waals surface area contributed by atoms with Crippen molar-refractivity contribution < 1.29 is 17.9 Å². The van der Waals surface area contributed by atoms with Crippen LogP contribution in [0.2, 0.25) is 0 Å². The molecule has 0 aliphatic carbocycles. The average Bonchev–Trinajstić information content (AvgIpc) is 2.54. The minimum atomic E-state index is -4.27. The number of rotatable bonds is 6. The summed E-state index contributed by atoms with van der Waals surface area (Å²) in [5.41, 5.74) is 0.281. The van der Waals surface area contributed by atoms with Crippen LogP contribution in [0, 0.1) is 5.92 Å². The Balaban J connectivity index is 2.08. The van der Waals surface area contributed by atoms with Gasteiger partial charge in [-0.2, -0.15) is 13.2 Å². The molecule has 1 unspecified atom stereocenters. The van der Waals surface area contributed by atoms with Gasteiger partial charge in [0.05, 0.1) is 7.11 Å². The lowest BCUT2D eigenvalue weighted by Crippen LogP contribution is -2.44. The molecule has 6 heteroatoms. The topological polar surface area (TPSA) is 24.5 Å². The van der Waals surface area contributed by atoms with Crippen LogP contribution in [0.1, 0.15) is 31.4 Å². The number of halogens is 3. The van der Waals surface area contributed by atoms with E-state index in [4.69, 9.17) is 4.74 Å². The van der Waals surface area contributed by atoms with Crippen molar-refractivity contribution in [1.29, 1.82) is 0 Å². The van der Waals surface area contributed by atoms with Crippen molar-refractivity contribution in [3.8, 4) is 5.75 Å². The van der Waals surface area contributed by atoms with E-state index in [0.717, 1.165) is 25.9 Å². The Morgan fingerprint density at radius 3 is 2.30 bits per heavy atom. The van der Waals surface area contributed by atoms with E-state index in [1.807, 2.05) is 6.92 Å². The smallest absolute Gasteiger partial charge is 0.408 e. The molecule has 1 heterocycles. The van der Waals surface area contributed by atoms with Crippen LogP contribution in [0.15, 0.2) is 24.3 Å². The molecule has 0 spiro atoms. The van der Waals surface area contributed by atoms with E-state index in [1.54, 1.807) is 17.0 Å². The van der Waals surface area contributed by atoms with Gasteiger partial charge in [0.25, 0.3) is 0 Å². The summed E-state index contributed by atoms with van der Waals surface area (Å²) >= 11 is 0. The Labute approximate surface area is 135 Å². The third-order valence-corrected chi connectivity index (χ3v) is 4.44. The summed E-state index contributed by atoms with van der Waals surface area (Å²) < 4.78 is 45.8. The van der Waals surface area contributed by atoms with E-state index in [2.05, 4.69) is 5.32 Å². The molecule has 1 saturated heterocycles. The van der Waals surface area contributed by atoms with Crippen LogP contribution in [0.3, 0.4) is 0 Å². The zero-order valence-corrected chi connectivity index (χ0v) is 13.7. The van der Waals surface area contributed by atoms with E-state index in [-0.39, 0.29) is 5.56 Å². The Bertz CT molecular complexity index is 468. The fourth-order valence-electron chi connectivity index (χ4n) is 3.16. The highest BCUT2D eigenvalue weighted by Crippen LogP contribution is 2.39. The van der Waals surface area contributed by atoms with Gasteiger partial charge in [0.15, 0.2) is 0 Å². The van der Waals surface area contributed by atoms with Gasteiger partial charge < -0.3 is 10.1 Å². The van der Waals surface area contributed by atoms with E-state index >= 15 is 0 Å². The highest BCUT2D eigenvalue weighted by molar-refractivity contribution is 5.30. The molecule has 0 aromatic heterocycles. The second-order valence-corrected chi connectivity index (χ2v) is 6.00. The van der Waals surface area contributed by atoms with Crippen LogP contribution in [0.4, 0.5) is 13.2 Å². The van der Waals surface area contributed by atoms with Crippen LogP contribution in [-0.4, -0.2) is 44.4 Å². The standard InChI is InChI=1S/C17H25F3N2O/c1-3-21-12-13-8-10-22(11-9-13)16(17(18,19)20)14-4-6-15(23-2)7-5-14/h4-7,13,16,21H,3,8-12H2,1-2H3. The summed E-state index contributed by atoms with van der Waals surface area (Å²) in [7, 11) is 1.51. The summed E-state index contributed by atoms with van der Waals surface area (Å²) in [6, 6.07) is 4.68. The minimum Gasteiger partial charge on any atom is -0.497 e. The second kappa shape index (κ2) is 8.02. The molecule has 130 valence electrons.